The Balaban J connectivity index is 2.01. The Morgan fingerprint density at radius 2 is 1.82 bits per heavy atom. The Morgan fingerprint density at radius 1 is 1.11 bits per heavy atom. The first-order chi connectivity index (χ1) is 13.0. The average molecular weight is 435 g/mol. The number of hydrogen-bond acceptors (Lipinski definition) is 3. The first kappa shape index (κ1) is 20.3. The van der Waals surface area contributed by atoms with E-state index in [1.54, 1.807) is 0 Å². The van der Waals surface area contributed by atoms with Crippen molar-refractivity contribution in [3.63, 3.8) is 0 Å². The number of nitrogens with one attached hydrogen (secondary N) is 2. The van der Waals surface area contributed by atoms with Crippen molar-refractivity contribution in [2.24, 2.45) is 0 Å². The Labute approximate surface area is 161 Å². The monoisotopic (exact) mass is 434 g/mol. The number of benzene rings is 2. The van der Waals surface area contributed by atoms with Crippen molar-refractivity contribution < 1.29 is 26.0 Å². The first-order valence-corrected chi connectivity index (χ1v) is 9.52. The van der Waals surface area contributed by atoms with Crippen molar-refractivity contribution in [1.82, 2.24) is 9.71 Å². The van der Waals surface area contributed by atoms with E-state index in [4.69, 9.17) is 11.6 Å². The van der Waals surface area contributed by atoms with Crippen LogP contribution in [0.4, 0.5) is 17.6 Å². The van der Waals surface area contributed by atoms with Crippen molar-refractivity contribution in [2.45, 2.75) is 17.6 Å². The molecule has 0 unspecified atom stereocenters. The maximum absolute atomic E-state index is 13.9. The van der Waals surface area contributed by atoms with E-state index in [-0.39, 0.29) is 16.1 Å². The molecule has 148 valence electrons. The lowest BCUT2D eigenvalue weighted by atomic mass is 10.1. The second-order valence-electron chi connectivity index (χ2n) is 5.79. The van der Waals surface area contributed by atoms with Gasteiger partial charge in [-0.2, -0.15) is 13.2 Å². The van der Waals surface area contributed by atoms with Gasteiger partial charge in [0.2, 0.25) is 15.6 Å². The lowest BCUT2D eigenvalue weighted by molar-refractivity contribution is -0.136. The summed E-state index contributed by atoms with van der Waals surface area (Å²) in [6.07, 6.45) is -4.85. The number of aromatic nitrogens is 1. The van der Waals surface area contributed by atoms with E-state index in [1.165, 1.54) is 18.2 Å². The molecule has 0 spiro atoms. The minimum absolute atomic E-state index is 0.0304. The fraction of sp³-hybridized carbons (Fsp3) is 0.118. The van der Waals surface area contributed by atoms with Crippen LogP contribution in [-0.4, -0.2) is 13.4 Å². The molecular formula is C17H11ClF4N2O3S. The number of fused-ring (bicyclic) bond motifs is 1. The van der Waals surface area contributed by atoms with Gasteiger partial charge < -0.3 is 4.98 Å². The molecule has 0 amide bonds. The lowest BCUT2D eigenvalue weighted by Crippen LogP contribution is -2.24. The van der Waals surface area contributed by atoms with E-state index in [2.05, 4.69) is 9.71 Å². The van der Waals surface area contributed by atoms with Crippen molar-refractivity contribution in [1.29, 1.82) is 0 Å². The van der Waals surface area contributed by atoms with Crippen LogP contribution in [0, 0.1) is 5.82 Å². The molecule has 0 aliphatic carbocycles. The van der Waals surface area contributed by atoms with E-state index in [1.807, 2.05) is 0 Å². The van der Waals surface area contributed by atoms with Crippen LogP contribution >= 0.6 is 11.6 Å². The zero-order valence-electron chi connectivity index (χ0n) is 13.8. The van der Waals surface area contributed by atoms with Gasteiger partial charge in [0.15, 0.2) is 0 Å². The largest absolute Gasteiger partial charge is 0.417 e. The number of H-pyrrole nitrogens is 1. The highest BCUT2D eigenvalue weighted by Gasteiger charge is 2.33. The van der Waals surface area contributed by atoms with Gasteiger partial charge in [-0.3, -0.25) is 4.79 Å². The van der Waals surface area contributed by atoms with Gasteiger partial charge >= 0.3 is 6.18 Å². The third kappa shape index (κ3) is 4.03. The summed E-state index contributed by atoms with van der Waals surface area (Å²) in [4.78, 5) is 13.2. The Kier molecular flexibility index (Phi) is 5.22. The van der Waals surface area contributed by atoms with Gasteiger partial charge in [0.1, 0.15) is 5.82 Å². The van der Waals surface area contributed by atoms with E-state index >= 15 is 0 Å². The van der Waals surface area contributed by atoms with Crippen molar-refractivity contribution in [3.8, 4) is 0 Å². The lowest BCUT2D eigenvalue weighted by Gasteiger charge is -2.12. The van der Waals surface area contributed by atoms with Gasteiger partial charge in [-0.1, -0.05) is 23.7 Å². The van der Waals surface area contributed by atoms with Crippen LogP contribution in [0.25, 0.3) is 10.9 Å². The van der Waals surface area contributed by atoms with Crippen LogP contribution < -0.4 is 10.3 Å². The zero-order chi connectivity index (χ0) is 20.7. The SMILES string of the molecule is O=c1cc(C(F)(F)F)c2cc(S(=O)(=O)NCc3cccc(Cl)c3F)ccc2[nH]1. The minimum Gasteiger partial charge on any atom is -0.322 e. The first-order valence-electron chi connectivity index (χ1n) is 7.66. The summed E-state index contributed by atoms with van der Waals surface area (Å²) in [5.41, 5.74) is -2.42. The molecule has 28 heavy (non-hydrogen) atoms. The second kappa shape index (κ2) is 7.19. The van der Waals surface area contributed by atoms with Gasteiger partial charge in [-0.05, 0) is 24.3 Å². The zero-order valence-corrected chi connectivity index (χ0v) is 15.3. The smallest absolute Gasteiger partial charge is 0.322 e. The molecule has 0 fully saturated rings. The Morgan fingerprint density at radius 3 is 2.50 bits per heavy atom. The highest BCUT2D eigenvalue weighted by Crippen LogP contribution is 2.34. The number of alkyl halides is 3. The molecule has 0 radical (unpaired) electrons. The molecule has 3 rings (SSSR count). The molecule has 0 saturated heterocycles. The van der Waals surface area contributed by atoms with E-state index in [9.17, 15) is 30.8 Å². The summed E-state index contributed by atoms with van der Waals surface area (Å²) >= 11 is 5.63. The van der Waals surface area contributed by atoms with Gasteiger partial charge in [-0.25, -0.2) is 17.5 Å². The molecule has 2 N–H and O–H groups in total. The van der Waals surface area contributed by atoms with Crippen LogP contribution in [0.1, 0.15) is 11.1 Å². The second-order valence-corrected chi connectivity index (χ2v) is 7.96. The van der Waals surface area contributed by atoms with Crippen LogP contribution in [0.15, 0.2) is 52.2 Å². The standard InChI is InChI=1S/C17H11ClF4N2O3S/c18-13-3-1-2-9(16(13)19)8-23-28(26,27)10-4-5-14-11(6-10)12(17(20,21)22)7-15(25)24-14/h1-7,23H,8H2,(H,24,25). The summed E-state index contributed by atoms with van der Waals surface area (Å²) in [5, 5.41) is -0.676. The molecule has 5 nitrogen and oxygen atoms in total. The Hall–Kier alpha value is -2.43. The third-order valence-corrected chi connectivity index (χ3v) is 5.61. The molecule has 0 bridgehead atoms. The molecular weight excluding hydrogens is 424 g/mol. The van der Waals surface area contributed by atoms with E-state index < -0.39 is 50.0 Å². The highest BCUT2D eigenvalue weighted by molar-refractivity contribution is 7.89. The number of hydrogen-bond donors (Lipinski definition) is 2. The van der Waals surface area contributed by atoms with Crippen LogP contribution in [-0.2, 0) is 22.7 Å². The molecule has 0 aliphatic rings. The van der Waals surface area contributed by atoms with Crippen molar-refractivity contribution >= 4 is 32.5 Å². The minimum atomic E-state index is -4.85. The number of pyridine rings is 1. The van der Waals surface area contributed by atoms with Crippen LogP contribution in [0.5, 0.6) is 0 Å². The highest BCUT2D eigenvalue weighted by atomic mass is 35.5. The molecule has 2 aromatic carbocycles. The van der Waals surface area contributed by atoms with E-state index in [0.717, 1.165) is 18.2 Å². The van der Waals surface area contributed by atoms with Crippen LogP contribution in [0.2, 0.25) is 5.02 Å². The number of halogens is 5. The molecule has 11 heteroatoms. The van der Waals surface area contributed by atoms with Gasteiger partial charge in [-0.15, -0.1) is 0 Å². The fourth-order valence-corrected chi connectivity index (χ4v) is 3.80. The molecule has 1 heterocycles. The average Bonchev–Trinajstić information content (AvgIpc) is 2.61. The predicted octanol–water partition coefficient (Wildman–Crippen LogP) is 3.82. The van der Waals surface area contributed by atoms with Crippen molar-refractivity contribution in [2.75, 3.05) is 0 Å². The van der Waals surface area contributed by atoms with Gasteiger partial charge in [0.05, 0.1) is 15.5 Å². The summed E-state index contributed by atoms with van der Waals surface area (Å²) in [6, 6.07) is 7.28. The van der Waals surface area contributed by atoms with Crippen molar-refractivity contribution in [3.05, 3.63) is 74.8 Å². The summed E-state index contributed by atoms with van der Waals surface area (Å²) in [5.74, 6) is -0.803. The molecule has 1 aromatic heterocycles. The normalized spacial score (nSPS) is 12.5. The summed E-state index contributed by atoms with van der Waals surface area (Å²) in [6.45, 7) is -0.454. The number of sulfonamides is 1. The quantitative estimate of drug-likeness (QED) is 0.613. The molecule has 3 aromatic rings. The van der Waals surface area contributed by atoms with Gasteiger partial charge in [0.25, 0.3) is 0 Å². The maximum atomic E-state index is 13.9. The maximum Gasteiger partial charge on any atom is 0.417 e. The summed E-state index contributed by atoms with van der Waals surface area (Å²) in [7, 11) is -4.27. The number of rotatable bonds is 4. The third-order valence-electron chi connectivity index (χ3n) is 3.91. The predicted molar refractivity (Wildman–Crippen MR) is 95.0 cm³/mol. The Bertz CT molecular complexity index is 1220. The topological polar surface area (TPSA) is 79.0 Å². The van der Waals surface area contributed by atoms with E-state index in [0.29, 0.717) is 6.07 Å². The fourth-order valence-electron chi connectivity index (χ4n) is 2.58. The number of aromatic amines is 1. The molecule has 0 aliphatic heterocycles. The van der Waals surface area contributed by atoms with Crippen LogP contribution in [0.3, 0.4) is 0 Å². The summed E-state index contributed by atoms with van der Waals surface area (Å²) < 4.78 is 80.5. The molecule has 0 atom stereocenters. The van der Waals surface area contributed by atoms with Gasteiger partial charge in [0, 0.05) is 29.1 Å². The molecule has 0 saturated carbocycles.